The van der Waals surface area contributed by atoms with Gasteiger partial charge >= 0.3 is 0 Å². The lowest BCUT2D eigenvalue weighted by Gasteiger charge is -2.12. The molecule has 19 heteroatoms. The molecule has 8 N–H and O–H groups in total. The van der Waals surface area contributed by atoms with Gasteiger partial charge in [-0.2, -0.15) is 15.2 Å². The number of aryl methyl sites for hydroxylation is 2. The van der Waals surface area contributed by atoms with E-state index in [9.17, 15) is 18.4 Å². The monoisotopic (exact) mass is 844 g/mol. The van der Waals surface area contributed by atoms with Gasteiger partial charge in [0, 0.05) is 66.1 Å². The van der Waals surface area contributed by atoms with Gasteiger partial charge in [-0.1, -0.05) is 46.4 Å². The van der Waals surface area contributed by atoms with Crippen LogP contribution in [0.2, 0.25) is 20.1 Å². The lowest BCUT2D eigenvalue weighted by molar-refractivity contribution is 0.0969. The predicted molar refractivity (Wildman–Crippen MR) is 219 cm³/mol. The zero-order valence-electron chi connectivity index (χ0n) is 28.6. The number of hydrogen-bond acceptors (Lipinski definition) is 7. The number of nitrogens with two attached hydrogens (primary N) is 1. The maximum Gasteiger partial charge on any atom is 0.257 e. The molecule has 0 bridgehead atoms. The second-order valence-corrected chi connectivity index (χ2v) is 13.3. The van der Waals surface area contributed by atoms with Gasteiger partial charge in [-0.15, -0.1) is 0 Å². The third-order valence-electron chi connectivity index (χ3n) is 6.56. The number of anilines is 3. The van der Waals surface area contributed by atoms with E-state index in [-0.39, 0.29) is 21.1 Å². The van der Waals surface area contributed by atoms with Gasteiger partial charge < -0.3 is 16.4 Å². The molecular formula is C36H30Cl4F2N10O2S. The molecule has 55 heavy (non-hydrogen) atoms. The maximum atomic E-state index is 13.6. The van der Waals surface area contributed by atoms with Crippen molar-refractivity contribution in [3.05, 3.63) is 151 Å². The number of nitrogens with zero attached hydrogens (tertiary/aromatic N) is 3. The van der Waals surface area contributed by atoms with Crippen molar-refractivity contribution in [3.8, 4) is 0 Å². The van der Waals surface area contributed by atoms with Gasteiger partial charge in [-0.05, 0) is 111 Å². The molecule has 0 aliphatic carbocycles. The zero-order chi connectivity index (χ0) is 40.1. The molecule has 4 aromatic carbocycles. The molecule has 0 fully saturated rings. The van der Waals surface area contributed by atoms with Crippen molar-refractivity contribution in [1.29, 1.82) is 0 Å². The van der Waals surface area contributed by atoms with Crippen LogP contribution in [-0.4, -0.2) is 43.3 Å². The van der Waals surface area contributed by atoms with Gasteiger partial charge in [-0.25, -0.2) is 8.78 Å². The quantitative estimate of drug-likeness (QED) is 0.0510. The highest BCUT2D eigenvalue weighted by atomic mass is 35.5. The Hall–Kier alpha value is -5.58. The van der Waals surface area contributed by atoms with Crippen molar-refractivity contribution < 1.29 is 18.4 Å². The van der Waals surface area contributed by atoms with Gasteiger partial charge in [0.25, 0.3) is 11.8 Å². The fourth-order valence-electron chi connectivity index (χ4n) is 4.21. The van der Waals surface area contributed by atoms with Crippen molar-refractivity contribution in [2.24, 2.45) is 4.99 Å². The largest absolute Gasteiger partial charge is 0.382 e. The number of carbonyl (C=O) groups is 2. The molecule has 2 amide bonds. The summed E-state index contributed by atoms with van der Waals surface area (Å²) in [4.78, 5) is 28.6. The van der Waals surface area contributed by atoms with Crippen molar-refractivity contribution in [2.45, 2.75) is 13.8 Å². The lowest BCUT2D eigenvalue weighted by atomic mass is 10.2. The van der Waals surface area contributed by atoms with Gasteiger partial charge in [0.2, 0.25) is 5.96 Å². The molecule has 0 spiro atoms. The molecule has 6 aromatic rings. The third kappa shape index (κ3) is 14.6. The van der Waals surface area contributed by atoms with Crippen molar-refractivity contribution >= 4 is 105 Å². The number of aromatic amines is 2. The van der Waals surface area contributed by atoms with E-state index in [0.29, 0.717) is 44.2 Å². The Morgan fingerprint density at radius 1 is 0.655 bits per heavy atom. The van der Waals surface area contributed by atoms with Crippen LogP contribution in [0.3, 0.4) is 0 Å². The van der Waals surface area contributed by atoms with Gasteiger partial charge in [0.15, 0.2) is 10.9 Å². The first kappa shape index (κ1) is 42.2. The number of aliphatic imine (C=N–C) groups is 1. The first-order valence-corrected chi connectivity index (χ1v) is 17.6. The van der Waals surface area contributed by atoms with Crippen LogP contribution in [0.25, 0.3) is 0 Å². The van der Waals surface area contributed by atoms with Crippen LogP contribution in [0, 0.1) is 25.5 Å². The molecule has 2 aromatic heterocycles. The number of aromatic nitrogens is 4. The summed E-state index contributed by atoms with van der Waals surface area (Å²) in [5, 5.41) is 25.3. The number of thiocarbonyl (C=S) groups is 1. The summed E-state index contributed by atoms with van der Waals surface area (Å²) < 4.78 is 26.8. The summed E-state index contributed by atoms with van der Waals surface area (Å²) in [6.45, 7) is 3.72. The smallest absolute Gasteiger partial charge is 0.257 e. The van der Waals surface area contributed by atoms with Crippen molar-refractivity contribution in [3.63, 3.8) is 0 Å². The van der Waals surface area contributed by atoms with Gasteiger partial charge in [-0.3, -0.25) is 30.4 Å². The second kappa shape index (κ2) is 20.2. The van der Waals surface area contributed by atoms with E-state index in [0.717, 1.165) is 11.4 Å². The minimum Gasteiger partial charge on any atom is -0.382 e. The molecule has 0 radical (unpaired) electrons. The summed E-state index contributed by atoms with van der Waals surface area (Å²) in [6.07, 6.45) is 0. The summed E-state index contributed by atoms with van der Waals surface area (Å²) in [7, 11) is 0. The number of carbonyl (C=O) groups excluding carboxylic acids is 2. The van der Waals surface area contributed by atoms with Crippen LogP contribution < -0.4 is 27.0 Å². The van der Waals surface area contributed by atoms with Crippen LogP contribution in [0.1, 0.15) is 32.1 Å². The second-order valence-electron chi connectivity index (χ2n) is 11.2. The van der Waals surface area contributed by atoms with Crippen LogP contribution in [0.5, 0.6) is 0 Å². The highest BCUT2D eigenvalue weighted by Crippen LogP contribution is 2.20. The van der Waals surface area contributed by atoms with Gasteiger partial charge in [0.05, 0.1) is 0 Å². The van der Waals surface area contributed by atoms with Crippen LogP contribution in [-0.2, 0) is 0 Å². The standard InChI is InChI=1S/C18H14Cl2FN5O.C14H9Cl2FN2OS.C4H7N3/c1-10-6-16(26-25-10)23-18(22-15-8-13(20)7-14(21)9-15)24-17(27)11-2-4-12(19)5-3-11;15-9-3-1-8(2-4-9)13(20)19-14(21)18-12-6-10(16)5-11(17)7-12;1-3-2-4(5)7-6-3/h2-9H,1H3,(H3,22,23,24,25,26,27);1-7H,(H2,18,19,20,21);2H,1H3,(H3,5,6,7). The average Bonchev–Trinajstić information content (AvgIpc) is 3.69. The SMILES string of the molecule is Cc1cc(N)n[nH]1.Cc1cc(N=C(NC(=O)c2ccc(Cl)cc2)Nc2cc(F)cc(Cl)c2)n[nH]1.O=C(NC(=S)Nc1cc(F)cc(Cl)c1)c1ccc(Cl)cc1. The Kier molecular flexibility index (Phi) is 15.5. The number of hydrogen-bond donors (Lipinski definition) is 7. The fraction of sp³-hybridized carbons (Fsp3) is 0.0556. The molecule has 0 aliphatic heterocycles. The van der Waals surface area contributed by atoms with E-state index in [1.54, 1.807) is 60.7 Å². The number of halogens is 6. The Labute approximate surface area is 338 Å². The molecule has 0 saturated heterocycles. The van der Waals surface area contributed by atoms with E-state index in [1.165, 1.54) is 36.4 Å². The summed E-state index contributed by atoms with van der Waals surface area (Å²) in [5.74, 6) is -0.894. The fourth-order valence-corrected chi connectivity index (χ4v) is 5.12. The van der Waals surface area contributed by atoms with E-state index in [4.69, 9.17) is 64.4 Å². The molecule has 284 valence electrons. The molecule has 12 nitrogen and oxygen atoms in total. The molecule has 0 saturated carbocycles. The summed E-state index contributed by atoms with van der Waals surface area (Å²) >= 11 is 28.2. The third-order valence-corrected chi connectivity index (χ3v) is 7.71. The Balaban J connectivity index is 0.000000212. The molecule has 0 unspecified atom stereocenters. The topological polar surface area (TPSA) is 178 Å². The van der Waals surface area contributed by atoms with E-state index < -0.39 is 23.4 Å². The molecule has 2 heterocycles. The van der Waals surface area contributed by atoms with Crippen LogP contribution in [0.15, 0.2) is 102 Å². The first-order valence-electron chi connectivity index (χ1n) is 15.6. The number of amides is 2. The highest BCUT2D eigenvalue weighted by molar-refractivity contribution is 7.80. The Morgan fingerprint density at radius 2 is 1.13 bits per heavy atom. The Bertz CT molecular complexity index is 2250. The van der Waals surface area contributed by atoms with Crippen LogP contribution >= 0.6 is 58.6 Å². The zero-order valence-corrected chi connectivity index (χ0v) is 32.5. The number of nitrogen functional groups attached to an aromatic ring is 1. The van der Waals surface area contributed by atoms with E-state index in [1.807, 2.05) is 13.8 Å². The molecule has 0 aliphatic rings. The number of benzene rings is 4. The van der Waals surface area contributed by atoms with Gasteiger partial charge in [0.1, 0.15) is 17.5 Å². The molecule has 0 atom stereocenters. The number of guanidine groups is 1. The predicted octanol–water partition coefficient (Wildman–Crippen LogP) is 9.25. The molecular weight excluding hydrogens is 816 g/mol. The van der Waals surface area contributed by atoms with Crippen LogP contribution in [0.4, 0.5) is 31.8 Å². The van der Waals surface area contributed by atoms with Crippen molar-refractivity contribution in [2.75, 3.05) is 16.4 Å². The first-order chi connectivity index (χ1) is 26.1. The summed E-state index contributed by atoms with van der Waals surface area (Å²) in [6, 6.07) is 23.9. The number of H-pyrrole nitrogens is 2. The summed E-state index contributed by atoms with van der Waals surface area (Å²) in [5.41, 5.74) is 8.48. The average molecular weight is 847 g/mol. The van der Waals surface area contributed by atoms with E-state index in [2.05, 4.69) is 46.7 Å². The number of rotatable bonds is 5. The molecule has 6 rings (SSSR count). The lowest BCUT2D eigenvalue weighted by Crippen LogP contribution is -2.35. The Morgan fingerprint density at radius 3 is 1.55 bits per heavy atom. The van der Waals surface area contributed by atoms with E-state index >= 15 is 0 Å². The number of nitrogens with one attached hydrogen (secondary N) is 6. The maximum absolute atomic E-state index is 13.6. The highest BCUT2D eigenvalue weighted by Gasteiger charge is 2.12. The minimum atomic E-state index is -0.524. The van der Waals surface area contributed by atoms with Crippen molar-refractivity contribution in [1.82, 2.24) is 31.0 Å². The normalized spacial score (nSPS) is 10.6. The minimum absolute atomic E-state index is 0.0385.